The van der Waals surface area contributed by atoms with Crippen LogP contribution in [0, 0.1) is 12.8 Å². The van der Waals surface area contributed by atoms with Gasteiger partial charge in [-0.2, -0.15) is 0 Å². The highest BCUT2D eigenvalue weighted by Gasteiger charge is 2.36. The van der Waals surface area contributed by atoms with Crippen LogP contribution in [0.3, 0.4) is 0 Å². The molecule has 1 N–H and O–H groups in total. The lowest BCUT2D eigenvalue weighted by atomic mass is 10.0. The van der Waals surface area contributed by atoms with E-state index in [1.165, 1.54) is 0 Å². The molecule has 2 aromatic carbocycles. The molecule has 1 saturated heterocycles. The maximum absolute atomic E-state index is 12.9. The predicted octanol–water partition coefficient (Wildman–Crippen LogP) is 3.73. The van der Waals surface area contributed by atoms with Gasteiger partial charge in [-0.15, -0.1) is 0 Å². The average Bonchev–Trinajstić information content (AvgIpc) is 3.09. The maximum Gasteiger partial charge on any atom is 0.340 e. The molecule has 6 heteroatoms. The van der Waals surface area contributed by atoms with Crippen LogP contribution in [0.1, 0.15) is 41.8 Å². The van der Waals surface area contributed by atoms with Gasteiger partial charge in [0.05, 0.1) is 23.8 Å². The van der Waals surface area contributed by atoms with Crippen molar-refractivity contribution < 1.29 is 19.1 Å². The van der Waals surface area contributed by atoms with Crippen LogP contribution in [-0.2, 0) is 20.7 Å². The Bertz CT molecular complexity index is 938. The first kappa shape index (κ1) is 20.6. The number of hydrogen-bond acceptors (Lipinski definition) is 4. The smallest absolute Gasteiger partial charge is 0.340 e. The van der Waals surface area contributed by atoms with Crippen molar-refractivity contribution >= 4 is 29.2 Å². The largest absolute Gasteiger partial charge is 0.462 e. The van der Waals surface area contributed by atoms with E-state index in [1.807, 2.05) is 25.1 Å². The number of ether oxygens (including phenoxy) is 1. The van der Waals surface area contributed by atoms with Crippen LogP contribution in [-0.4, -0.2) is 30.9 Å². The summed E-state index contributed by atoms with van der Waals surface area (Å²) in [5.41, 5.74) is 3.71. The summed E-state index contributed by atoms with van der Waals surface area (Å²) in [5.74, 6) is -1.31. The summed E-state index contributed by atoms with van der Waals surface area (Å²) >= 11 is 0. The lowest BCUT2D eigenvalue weighted by molar-refractivity contribution is -0.122. The van der Waals surface area contributed by atoms with Gasteiger partial charge < -0.3 is 15.0 Å². The zero-order chi connectivity index (χ0) is 21.0. The van der Waals surface area contributed by atoms with E-state index >= 15 is 0 Å². The van der Waals surface area contributed by atoms with Gasteiger partial charge in [0, 0.05) is 18.7 Å². The van der Waals surface area contributed by atoms with Crippen molar-refractivity contribution in [2.24, 2.45) is 5.92 Å². The number of rotatable bonds is 6. The van der Waals surface area contributed by atoms with Crippen LogP contribution < -0.4 is 10.2 Å². The number of nitrogens with one attached hydrogen (secondary N) is 1. The predicted molar refractivity (Wildman–Crippen MR) is 112 cm³/mol. The van der Waals surface area contributed by atoms with Gasteiger partial charge in [-0.1, -0.05) is 37.3 Å². The minimum Gasteiger partial charge on any atom is -0.462 e. The highest BCUT2D eigenvalue weighted by molar-refractivity contribution is 6.06. The molecule has 2 aromatic rings. The number of anilines is 2. The van der Waals surface area contributed by atoms with E-state index in [9.17, 15) is 14.4 Å². The van der Waals surface area contributed by atoms with Crippen molar-refractivity contribution in [3.63, 3.8) is 0 Å². The number of nitrogens with zero attached hydrogens (tertiary/aromatic N) is 1. The fourth-order valence-electron chi connectivity index (χ4n) is 3.70. The SMILES string of the molecule is CCOC(=O)c1ccccc1NC(=O)C1CC(=O)N(c2c(C)cccc2CC)C1. The number of esters is 1. The first-order chi connectivity index (χ1) is 14.0. The Morgan fingerprint density at radius 2 is 1.90 bits per heavy atom. The molecule has 1 heterocycles. The quantitative estimate of drug-likeness (QED) is 0.758. The van der Waals surface area contributed by atoms with Crippen molar-refractivity contribution in [1.29, 1.82) is 0 Å². The van der Waals surface area contributed by atoms with Gasteiger partial charge in [0.2, 0.25) is 11.8 Å². The third-order valence-corrected chi connectivity index (χ3v) is 5.15. The van der Waals surface area contributed by atoms with Crippen molar-refractivity contribution in [1.82, 2.24) is 0 Å². The summed E-state index contributed by atoms with van der Waals surface area (Å²) in [5, 5.41) is 2.81. The van der Waals surface area contributed by atoms with Crippen LogP contribution in [0.2, 0.25) is 0 Å². The first-order valence-corrected chi connectivity index (χ1v) is 9.92. The molecule has 152 valence electrons. The minimum absolute atomic E-state index is 0.0622. The van der Waals surface area contributed by atoms with Crippen molar-refractivity contribution in [2.45, 2.75) is 33.6 Å². The molecule has 3 rings (SSSR count). The Morgan fingerprint density at radius 1 is 1.14 bits per heavy atom. The molecule has 0 radical (unpaired) electrons. The normalized spacial score (nSPS) is 16.0. The summed E-state index contributed by atoms with van der Waals surface area (Å²) in [7, 11) is 0. The molecule has 0 bridgehead atoms. The van der Waals surface area contributed by atoms with Crippen molar-refractivity contribution in [3.8, 4) is 0 Å². The third kappa shape index (κ3) is 4.31. The zero-order valence-electron chi connectivity index (χ0n) is 17.0. The molecule has 0 aromatic heterocycles. The molecule has 1 aliphatic rings. The third-order valence-electron chi connectivity index (χ3n) is 5.15. The van der Waals surface area contributed by atoms with Gasteiger partial charge in [0.15, 0.2) is 0 Å². The number of benzene rings is 2. The molecule has 0 aliphatic carbocycles. The van der Waals surface area contributed by atoms with Crippen LogP contribution in [0.4, 0.5) is 11.4 Å². The summed E-state index contributed by atoms with van der Waals surface area (Å²) in [4.78, 5) is 39.4. The summed E-state index contributed by atoms with van der Waals surface area (Å²) in [6, 6.07) is 12.7. The Kier molecular flexibility index (Phi) is 6.32. The number of amides is 2. The lowest BCUT2D eigenvalue weighted by Gasteiger charge is -2.22. The average molecular weight is 394 g/mol. The van der Waals surface area contributed by atoms with Crippen LogP contribution in [0.5, 0.6) is 0 Å². The Hall–Kier alpha value is -3.15. The minimum atomic E-state index is -0.486. The van der Waals surface area contributed by atoms with E-state index < -0.39 is 11.9 Å². The molecule has 1 aliphatic heterocycles. The summed E-state index contributed by atoms with van der Waals surface area (Å²) in [6.07, 6.45) is 0.954. The highest BCUT2D eigenvalue weighted by Crippen LogP contribution is 2.32. The van der Waals surface area contributed by atoms with Gasteiger partial charge >= 0.3 is 5.97 Å². The molecular formula is C23H26N2O4. The van der Waals surface area contributed by atoms with Gasteiger partial charge in [-0.25, -0.2) is 4.79 Å². The zero-order valence-corrected chi connectivity index (χ0v) is 17.0. The molecule has 6 nitrogen and oxygen atoms in total. The number of carbonyl (C=O) groups is 3. The van der Waals surface area contributed by atoms with Crippen molar-refractivity contribution in [2.75, 3.05) is 23.4 Å². The van der Waals surface area contributed by atoms with E-state index in [0.29, 0.717) is 17.8 Å². The van der Waals surface area contributed by atoms with Crippen molar-refractivity contribution in [3.05, 3.63) is 59.2 Å². The Morgan fingerprint density at radius 3 is 2.62 bits per heavy atom. The van der Waals surface area contributed by atoms with E-state index in [4.69, 9.17) is 4.74 Å². The molecule has 1 fully saturated rings. The molecule has 1 atom stereocenters. The molecule has 0 saturated carbocycles. The number of carbonyl (C=O) groups excluding carboxylic acids is 3. The van der Waals surface area contributed by atoms with Crippen LogP contribution >= 0.6 is 0 Å². The molecule has 1 unspecified atom stereocenters. The van der Waals surface area contributed by atoms with E-state index in [-0.39, 0.29) is 24.8 Å². The number of hydrogen-bond donors (Lipinski definition) is 1. The van der Waals surface area contributed by atoms with E-state index in [2.05, 4.69) is 12.2 Å². The lowest BCUT2D eigenvalue weighted by Crippen LogP contribution is -2.29. The second-order valence-electron chi connectivity index (χ2n) is 7.10. The van der Waals surface area contributed by atoms with Crippen LogP contribution in [0.15, 0.2) is 42.5 Å². The monoisotopic (exact) mass is 394 g/mol. The summed E-state index contributed by atoms with van der Waals surface area (Å²) < 4.78 is 5.05. The van der Waals surface area contributed by atoms with E-state index in [0.717, 1.165) is 23.2 Å². The van der Waals surface area contributed by atoms with Gasteiger partial charge in [0.25, 0.3) is 0 Å². The second kappa shape index (κ2) is 8.90. The molecule has 2 amide bonds. The van der Waals surface area contributed by atoms with Gasteiger partial charge in [-0.05, 0) is 43.5 Å². The van der Waals surface area contributed by atoms with E-state index in [1.54, 1.807) is 36.1 Å². The molecule has 0 spiro atoms. The fourth-order valence-corrected chi connectivity index (χ4v) is 3.70. The number of para-hydroxylation sites is 2. The second-order valence-corrected chi connectivity index (χ2v) is 7.10. The first-order valence-electron chi connectivity index (χ1n) is 9.92. The fraction of sp³-hybridized carbons (Fsp3) is 0.348. The molecular weight excluding hydrogens is 368 g/mol. The Balaban J connectivity index is 1.78. The summed E-state index contributed by atoms with van der Waals surface area (Å²) in [6.45, 7) is 6.33. The number of aryl methyl sites for hydroxylation is 2. The van der Waals surface area contributed by atoms with Gasteiger partial charge in [0.1, 0.15) is 0 Å². The molecule has 29 heavy (non-hydrogen) atoms. The van der Waals surface area contributed by atoms with Crippen LogP contribution in [0.25, 0.3) is 0 Å². The highest BCUT2D eigenvalue weighted by atomic mass is 16.5. The maximum atomic E-state index is 12.9. The standard InChI is InChI=1S/C23H26N2O4/c1-4-16-10-8-9-15(3)21(16)25-14-17(13-20(25)26)22(27)24-19-12-7-6-11-18(19)23(28)29-5-2/h6-12,17H,4-5,13-14H2,1-3H3,(H,24,27). The van der Waals surface area contributed by atoms with Gasteiger partial charge in [-0.3, -0.25) is 9.59 Å². The topological polar surface area (TPSA) is 75.7 Å². The Labute approximate surface area is 170 Å².